The van der Waals surface area contributed by atoms with Crippen LogP contribution in [-0.2, 0) is 19.8 Å². The molecule has 0 aliphatic heterocycles. The summed E-state index contributed by atoms with van der Waals surface area (Å²) in [6.45, 7) is 0. The van der Waals surface area contributed by atoms with Crippen LogP contribution in [0.4, 0.5) is 5.95 Å². The fraction of sp³-hybridized carbons (Fsp3) is 0.429. The van der Waals surface area contributed by atoms with E-state index < -0.39 is 0 Å². The number of rotatable bonds is 3. The molecule has 0 atom stereocenters. The fourth-order valence-corrected chi connectivity index (χ4v) is 1.92. The molecular formula is C7H11N7S. The molecule has 0 amide bonds. The van der Waals surface area contributed by atoms with Crippen molar-refractivity contribution in [1.82, 2.24) is 29.5 Å². The predicted molar refractivity (Wildman–Crippen MR) is 56.0 cm³/mol. The summed E-state index contributed by atoms with van der Waals surface area (Å²) in [4.78, 5) is 0. The Kier molecular flexibility index (Phi) is 2.58. The van der Waals surface area contributed by atoms with Gasteiger partial charge in [0, 0.05) is 14.1 Å². The summed E-state index contributed by atoms with van der Waals surface area (Å²) in [5.74, 6) is 2.00. The first-order chi connectivity index (χ1) is 7.18. The largest absolute Gasteiger partial charge is 0.368 e. The molecule has 2 aromatic heterocycles. The van der Waals surface area contributed by atoms with Crippen molar-refractivity contribution in [3.63, 3.8) is 0 Å². The van der Waals surface area contributed by atoms with Crippen molar-refractivity contribution in [2.24, 2.45) is 14.1 Å². The summed E-state index contributed by atoms with van der Waals surface area (Å²) < 4.78 is 3.60. The molecule has 80 valence electrons. The molecule has 2 rings (SSSR count). The third-order valence-corrected chi connectivity index (χ3v) is 3.02. The Morgan fingerprint density at radius 1 is 1.33 bits per heavy atom. The predicted octanol–water partition coefficient (Wildman–Crippen LogP) is -0.182. The van der Waals surface area contributed by atoms with Gasteiger partial charge in [-0.15, -0.1) is 20.4 Å². The van der Waals surface area contributed by atoms with Crippen LogP contribution in [0.1, 0.15) is 5.82 Å². The van der Waals surface area contributed by atoms with Crippen LogP contribution in [0.25, 0.3) is 0 Å². The number of nitrogens with zero attached hydrogens (tertiary/aromatic N) is 6. The third-order valence-electron chi connectivity index (χ3n) is 2.00. The highest BCUT2D eigenvalue weighted by Crippen LogP contribution is 2.19. The van der Waals surface area contributed by atoms with Crippen LogP contribution < -0.4 is 5.73 Å². The van der Waals surface area contributed by atoms with Gasteiger partial charge >= 0.3 is 0 Å². The minimum absolute atomic E-state index is 0.412. The van der Waals surface area contributed by atoms with Crippen molar-refractivity contribution in [3.05, 3.63) is 12.2 Å². The summed E-state index contributed by atoms with van der Waals surface area (Å²) in [5, 5.41) is 16.2. The van der Waals surface area contributed by atoms with Gasteiger partial charge in [-0.2, -0.15) is 0 Å². The molecule has 0 aliphatic rings. The van der Waals surface area contributed by atoms with Gasteiger partial charge < -0.3 is 10.3 Å². The molecule has 0 spiro atoms. The summed E-state index contributed by atoms with van der Waals surface area (Å²) in [7, 11) is 3.73. The molecule has 0 saturated carbocycles. The van der Waals surface area contributed by atoms with Gasteiger partial charge in [-0.05, 0) is 0 Å². The maximum absolute atomic E-state index is 5.56. The quantitative estimate of drug-likeness (QED) is 0.729. The molecule has 2 aromatic rings. The SMILES string of the molecule is Cn1cnnc1CSc1nnc(N)n1C. The average Bonchev–Trinajstić information content (AvgIpc) is 2.74. The average molecular weight is 225 g/mol. The topological polar surface area (TPSA) is 87.4 Å². The van der Waals surface area contributed by atoms with E-state index >= 15 is 0 Å². The highest BCUT2D eigenvalue weighted by atomic mass is 32.2. The second-order valence-corrected chi connectivity index (χ2v) is 3.99. The van der Waals surface area contributed by atoms with E-state index in [1.165, 1.54) is 11.8 Å². The number of nitrogen functional groups attached to an aromatic ring is 1. The number of nitrogens with two attached hydrogens (primary N) is 1. The van der Waals surface area contributed by atoms with Crippen molar-refractivity contribution >= 4 is 17.7 Å². The zero-order valence-electron chi connectivity index (χ0n) is 8.45. The van der Waals surface area contributed by atoms with Gasteiger partial charge in [0.15, 0.2) is 5.16 Å². The number of aromatic nitrogens is 6. The van der Waals surface area contributed by atoms with Gasteiger partial charge in [0.2, 0.25) is 5.95 Å². The lowest BCUT2D eigenvalue weighted by molar-refractivity contribution is 0.791. The van der Waals surface area contributed by atoms with Crippen LogP contribution in [0.3, 0.4) is 0 Å². The lowest BCUT2D eigenvalue weighted by Crippen LogP contribution is -1.99. The normalized spacial score (nSPS) is 10.8. The van der Waals surface area contributed by atoms with Crippen molar-refractivity contribution in [2.45, 2.75) is 10.9 Å². The molecule has 15 heavy (non-hydrogen) atoms. The summed E-state index contributed by atoms with van der Waals surface area (Å²) >= 11 is 1.53. The van der Waals surface area contributed by atoms with Crippen LogP contribution in [0.5, 0.6) is 0 Å². The zero-order valence-corrected chi connectivity index (χ0v) is 9.27. The molecule has 0 fully saturated rings. The Hall–Kier alpha value is -1.57. The maximum atomic E-state index is 5.56. The van der Waals surface area contributed by atoms with Gasteiger partial charge in [0.1, 0.15) is 12.2 Å². The van der Waals surface area contributed by atoms with E-state index in [1.807, 2.05) is 18.7 Å². The number of hydrogen-bond donors (Lipinski definition) is 1. The first-order valence-electron chi connectivity index (χ1n) is 4.29. The summed E-state index contributed by atoms with van der Waals surface area (Å²) in [6.07, 6.45) is 1.67. The third kappa shape index (κ3) is 1.94. The molecule has 0 aliphatic carbocycles. The fourth-order valence-electron chi connectivity index (χ4n) is 1.02. The van der Waals surface area contributed by atoms with Crippen molar-refractivity contribution < 1.29 is 0 Å². The number of anilines is 1. The Labute approximate surface area is 90.7 Å². The smallest absolute Gasteiger partial charge is 0.222 e. The summed E-state index contributed by atoms with van der Waals surface area (Å²) in [5.41, 5.74) is 5.56. The van der Waals surface area contributed by atoms with Crippen molar-refractivity contribution in [2.75, 3.05) is 5.73 Å². The Morgan fingerprint density at radius 3 is 2.67 bits per heavy atom. The highest BCUT2D eigenvalue weighted by Gasteiger charge is 2.08. The van der Waals surface area contributed by atoms with Crippen LogP contribution in [0.2, 0.25) is 0 Å². The number of hydrogen-bond acceptors (Lipinski definition) is 6. The Morgan fingerprint density at radius 2 is 2.13 bits per heavy atom. The van der Waals surface area contributed by atoms with Crippen molar-refractivity contribution in [3.8, 4) is 0 Å². The molecule has 0 unspecified atom stereocenters. The van der Waals surface area contributed by atoms with E-state index in [0.29, 0.717) is 11.7 Å². The second-order valence-electron chi connectivity index (χ2n) is 3.05. The molecular weight excluding hydrogens is 214 g/mol. The molecule has 0 radical (unpaired) electrons. The summed E-state index contributed by atoms with van der Waals surface area (Å²) in [6, 6.07) is 0. The van der Waals surface area contributed by atoms with Gasteiger partial charge in [-0.1, -0.05) is 11.8 Å². The minimum Gasteiger partial charge on any atom is -0.368 e. The standard InChI is InChI=1S/C7H11N7S/c1-13-4-9-10-5(13)3-15-7-12-11-6(8)14(7)2/h4H,3H2,1-2H3,(H2,8,11). The second kappa shape index (κ2) is 3.89. The Balaban J connectivity index is 2.05. The minimum atomic E-state index is 0.412. The van der Waals surface area contributed by atoms with Crippen LogP contribution >= 0.6 is 11.8 Å². The van der Waals surface area contributed by atoms with E-state index in [1.54, 1.807) is 10.9 Å². The molecule has 0 saturated heterocycles. The molecule has 0 aromatic carbocycles. The van der Waals surface area contributed by atoms with Crippen LogP contribution in [0.15, 0.2) is 11.5 Å². The first kappa shape index (κ1) is 9.97. The van der Waals surface area contributed by atoms with Gasteiger partial charge in [-0.3, -0.25) is 4.57 Å². The maximum Gasteiger partial charge on any atom is 0.222 e. The number of aryl methyl sites for hydroxylation is 1. The van der Waals surface area contributed by atoms with Crippen LogP contribution in [-0.4, -0.2) is 29.5 Å². The number of thioether (sulfide) groups is 1. The highest BCUT2D eigenvalue weighted by molar-refractivity contribution is 7.98. The Bertz CT molecular complexity index is 460. The lowest BCUT2D eigenvalue weighted by atomic mass is 10.7. The lowest BCUT2D eigenvalue weighted by Gasteiger charge is -2.00. The molecule has 8 heteroatoms. The van der Waals surface area contributed by atoms with E-state index in [2.05, 4.69) is 20.4 Å². The van der Waals surface area contributed by atoms with E-state index in [4.69, 9.17) is 5.73 Å². The van der Waals surface area contributed by atoms with Crippen LogP contribution in [0, 0.1) is 0 Å². The van der Waals surface area contributed by atoms with E-state index in [0.717, 1.165) is 11.0 Å². The molecule has 0 bridgehead atoms. The molecule has 7 nitrogen and oxygen atoms in total. The van der Waals surface area contributed by atoms with E-state index in [-0.39, 0.29) is 0 Å². The molecule has 2 heterocycles. The van der Waals surface area contributed by atoms with Crippen molar-refractivity contribution in [1.29, 1.82) is 0 Å². The van der Waals surface area contributed by atoms with Gasteiger partial charge in [0.05, 0.1) is 5.75 Å². The van der Waals surface area contributed by atoms with Gasteiger partial charge in [0.25, 0.3) is 0 Å². The molecule has 2 N–H and O–H groups in total. The zero-order chi connectivity index (χ0) is 10.8. The monoisotopic (exact) mass is 225 g/mol. The van der Waals surface area contributed by atoms with Gasteiger partial charge in [-0.25, -0.2) is 0 Å². The van der Waals surface area contributed by atoms with E-state index in [9.17, 15) is 0 Å². The first-order valence-corrected chi connectivity index (χ1v) is 5.27.